The quantitative estimate of drug-likeness (QED) is 0.726. The highest BCUT2D eigenvalue weighted by Gasteiger charge is 2.06. The number of nitrogens with two attached hydrogens (primary N) is 1. The minimum absolute atomic E-state index is 0.103. The summed E-state index contributed by atoms with van der Waals surface area (Å²) in [6.07, 6.45) is 0. The number of hydrogen-bond donors (Lipinski definition) is 2. The molecule has 12 heavy (non-hydrogen) atoms. The second-order valence-electron chi connectivity index (χ2n) is 2.59. The van der Waals surface area contributed by atoms with E-state index in [2.05, 4.69) is 4.98 Å². The first-order valence-electron chi connectivity index (χ1n) is 3.64. The van der Waals surface area contributed by atoms with Crippen molar-refractivity contribution >= 4 is 11.6 Å². The Morgan fingerprint density at radius 1 is 1.67 bits per heavy atom. The first kappa shape index (κ1) is 9.45. The third kappa shape index (κ3) is 1.94. The van der Waals surface area contributed by atoms with Gasteiger partial charge in [-0.3, -0.25) is 4.98 Å². The Hall–Kier alpha value is -0.640. The number of aromatic nitrogens is 1. The maximum absolute atomic E-state index is 8.75. The number of aryl methyl sites for hydroxylation is 1. The molecule has 4 heteroatoms. The van der Waals surface area contributed by atoms with Crippen molar-refractivity contribution in [1.29, 1.82) is 0 Å². The largest absolute Gasteiger partial charge is 0.394 e. The Morgan fingerprint density at radius 3 is 2.83 bits per heavy atom. The average Bonchev–Trinajstić information content (AvgIpc) is 2.08. The normalized spacial score (nSPS) is 13.0. The van der Waals surface area contributed by atoms with E-state index in [-0.39, 0.29) is 6.61 Å². The van der Waals surface area contributed by atoms with E-state index in [1.807, 2.05) is 0 Å². The van der Waals surface area contributed by atoms with Crippen molar-refractivity contribution in [1.82, 2.24) is 4.98 Å². The molecule has 0 amide bonds. The summed E-state index contributed by atoms with van der Waals surface area (Å²) in [4.78, 5) is 4.13. The Balaban J connectivity index is 2.96. The fourth-order valence-corrected chi connectivity index (χ4v) is 0.969. The third-order valence-corrected chi connectivity index (χ3v) is 2.02. The van der Waals surface area contributed by atoms with Gasteiger partial charge in [0.05, 0.1) is 29.1 Å². The molecule has 66 valence electrons. The molecule has 0 fully saturated rings. The second-order valence-corrected chi connectivity index (χ2v) is 3.00. The van der Waals surface area contributed by atoms with Gasteiger partial charge < -0.3 is 10.8 Å². The van der Waals surface area contributed by atoms with E-state index < -0.39 is 6.04 Å². The van der Waals surface area contributed by atoms with Crippen molar-refractivity contribution < 1.29 is 5.11 Å². The highest BCUT2D eigenvalue weighted by Crippen LogP contribution is 2.15. The molecule has 0 aromatic carbocycles. The summed E-state index contributed by atoms with van der Waals surface area (Å²) < 4.78 is 0. The molecule has 0 bridgehead atoms. The van der Waals surface area contributed by atoms with Gasteiger partial charge in [-0.1, -0.05) is 11.6 Å². The van der Waals surface area contributed by atoms with Gasteiger partial charge in [-0.05, 0) is 19.1 Å². The molecule has 3 N–H and O–H groups in total. The van der Waals surface area contributed by atoms with E-state index >= 15 is 0 Å². The van der Waals surface area contributed by atoms with Crippen LogP contribution in [0.5, 0.6) is 0 Å². The first-order chi connectivity index (χ1) is 5.65. The van der Waals surface area contributed by atoms with Gasteiger partial charge in [-0.2, -0.15) is 0 Å². The summed E-state index contributed by atoms with van der Waals surface area (Å²) in [5, 5.41) is 9.37. The molecule has 0 aliphatic heterocycles. The van der Waals surface area contributed by atoms with Crippen LogP contribution >= 0.6 is 11.6 Å². The van der Waals surface area contributed by atoms with Crippen LogP contribution in [0.1, 0.15) is 17.4 Å². The van der Waals surface area contributed by atoms with E-state index in [9.17, 15) is 0 Å². The molecular formula is C8H11ClN2O. The van der Waals surface area contributed by atoms with Crippen LogP contribution in [0.3, 0.4) is 0 Å². The highest BCUT2D eigenvalue weighted by atomic mass is 35.5. The third-order valence-electron chi connectivity index (χ3n) is 1.62. The van der Waals surface area contributed by atoms with Gasteiger partial charge in [0.2, 0.25) is 0 Å². The molecular weight excluding hydrogens is 176 g/mol. The van der Waals surface area contributed by atoms with Gasteiger partial charge in [0, 0.05) is 0 Å². The van der Waals surface area contributed by atoms with Gasteiger partial charge >= 0.3 is 0 Å². The summed E-state index contributed by atoms with van der Waals surface area (Å²) in [7, 11) is 0. The maximum atomic E-state index is 8.75. The molecule has 3 nitrogen and oxygen atoms in total. The van der Waals surface area contributed by atoms with Crippen LogP contribution in [0, 0.1) is 6.92 Å². The van der Waals surface area contributed by atoms with Crippen LogP contribution in [0.2, 0.25) is 5.02 Å². The Morgan fingerprint density at radius 2 is 2.33 bits per heavy atom. The van der Waals surface area contributed by atoms with Crippen LogP contribution in [0.15, 0.2) is 12.1 Å². The number of pyridine rings is 1. The molecule has 1 aromatic heterocycles. The van der Waals surface area contributed by atoms with Crippen LogP contribution in [0.25, 0.3) is 0 Å². The molecule has 1 heterocycles. The number of halogens is 1. The number of rotatable bonds is 2. The van der Waals surface area contributed by atoms with Crippen molar-refractivity contribution in [3.63, 3.8) is 0 Å². The Bertz CT molecular complexity index is 278. The zero-order chi connectivity index (χ0) is 9.14. The van der Waals surface area contributed by atoms with Crippen molar-refractivity contribution in [2.24, 2.45) is 5.73 Å². The lowest BCUT2D eigenvalue weighted by atomic mass is 10.2. The Kier molecular flexibility index (Phi) is 3.03. The predicted molar refractivity (Wildman–Crippen MR) is 48.0 cm³/mol. The molecule has 0 saturated carbocycles. The smallest absolute Gasteiger partial charge is 0.0705 e. The van der Waals surface area contributed by atoms with E-state index in [1.165, 1.54) is 0 Å². The van der Waals surface area contributed by atoms with Crippen molar-refractivity contribution in [3.8, 4) is 0 Å². The van der Waals surface area contributed by atoms with Crippen molar-refractivity contribution in [2.45, 2.75) is 13.0 Å². The van der Waals surface area contributed by atoms with E-state index in [1.54, 1.807) is 19.1 Å². The highest BCUT2D eigenvalue weighted by molar-refractivity contribution is 6.31. The number of hydrogen-bond acceptors (Lipinski definition) is 3. The van der Waals surface area contributed by atoms with Crippen molar-refractivity contribution in [2.75, 3.05) is 6.61 Å². The summed E-state index contributed by atoms with van der Waals surface area (Å²) in [5.74, 6) is 0. The minimum atomic E-state index is -0.416. The predicted octanol–water partition coefficient (Wildman–Crippen LogP) is 1.04. The van der Waals surface area contributed by atoms with Crippen LogP contribution in [0.4, 0.5) is 0 Å². The van der Waals surface area contributed by atoms with Gasteiger partial charge in [-0.25, -0.2) is 0 Å². The summed E-state index contributed by atoms with van der Waals surface area (Å²) >= 11 is 5.76. The SMILES string of the molecule is Cc1nc(C(N)CO)ccc1Cl. The molecule has 0 aliphatic rings. The zero-order valence-corrected chi connectivity index (χ0v) is 7.54. The monoisotopic (exact) mass is 186 g/mol. The Labute approximate surface area is 76.2 Å². The lowest BCUT2D eigenvalue weighted by molar-refractivity contribution is 0.266. The van der Waals surface area contributed by atoms with Crippen molar-refractivity contribution in [3.05, 3.63) is 28.5 Å². The lowest BCUT2D eigenvalue weighted by Crippen LogP contribution is -2.16. The molecule has 0 radical (unpaired) electrons. The molecule has 1 aromatic rings. The zero-order valence-electron chi connectivity index (χ0n) is 6.79. The van der Waals surface area contributed by atoms with E-state index in [0.717, 1.165) is 5.69 Å². The fraction of sp³-hybridized carbons (Fsp3) is 0.375. The van der Waals surface area contributed by atoms with Gasteiger partial charge in [0.25, 0.3) is 0 Å². The second kappa shape index (κ2) is 3.85. The van der Waals surface area contributed by atoms with Crippen LogP contribution in [-0.4, -0.2) is 16.7 Å². The molecule has 1 atom stereocenters. The fourth-order valence-electron chi connectivity index (χ4n) is 0.864. The van der Waals surface area contributed by atoms with Gasteiger partial charge in [0.15, 0.2) is 0 Å². The van der Waals surface area contributed by atoms with E-state index in [0.29, 0.717) is 10.7 Å². The van der Waals surface area contributed by atoms with Crippen LogP contribution in [-0.2, 0) is 0 Å². The maximum Gasteiger partial charge on any atom is 0.0705 e. The number of aliphatic hydroxyl groups is 1. The molecule has 0 saturated heterocycles. The van der Waals surface area contributed by atoms with Gasteiger partial charge in [-0.15, -0.1) is 0 Å². The molecule has 1 unspecified atom stereocenters. The van der Waals surface area contributed by atoms with E-state index in [4.69, 9.17) is 22.4 Å². The first-order valence-corrected chi connectivity index (χ1v) is 4.02. The molecule has 0 aliphatic carbocycles. The van der Waals surface area contributed by atoms with Gasteiger partial charge in [0.1, 0.15) is 0 Å². The molecule has 1 rings (SSSR count). The summed E-state index contributed by atoms with van der Waals surface area (Å²) in [6, 6.07) is 3.03. The van der Waals surface area contributed by atoms with Crippen LogP contribution < -0.4 is 5.73 Å². The minimum Gasteiger partial charge on any atom is -0.394 e. The number of nitrogens with zero attached hydrogens (tertiary/aromatic N) is 1. The molecule has 0 spiro atoms. The lowest BCUT2D eigenvalue weighted by Gasteiger charge is -2.08. The average molecular weight is 187 g/mol. The summed E-state index contributed by atoms with van der Waals surface area (Å²) in [5.41, 5.74) is 6.96. The summed E-state index contributed by atoms with van der Waals surface area (Å²) in [6.45, 7) is 1.70. The number of aliphatic hydroxyl groups excluding tert-OH is 1. The topological polar surface area (TPSA) is 59.1 Å². The standard InChI is InChI=1S/C8H11ClN2O/c1-5-6(9)2-3-8(11-5)7(10)4-12/h2-3,7,12H,4,10H2,1H3.